The number of thiophene rings is 1. The number of hydrogen-bond acceptors (Lipinski definition) is 5. The second-order valence-corrected chi connectivity index (χ2v) is 11.2. The molecule has 0 radical (unpaired) electrons. The summed E-state index contributed by atoms with van der Waals surface area (Å²) in [5.74, 6) is -0.868. The van der Waals surface area contributed by atoms with Gasteiger partial charge in [-0.25, -0.2) is 13.1 Å². The van der Waals surface area contributed by atoms with E-state index in [9.17, 15) is 18.0 Å². The summed E-state index contributed by atoms with van der Waals surface area (Å²) >= 11 is 13.7. The van der Waals surface area contributed by atoms with Crippen molar-refractivity contribution in [2.45, 2.75) is 4.90 Å². The summed E-state index contributed by atoms with van der Waals surface area (Å²) in [7, 11) is -3.77. The second-order valence-electron chi connectivity index (χ2n) is 6.33. The fourth-order valence-corrected chi connectivity index (χ4v) is 6.14. The van der Waals surface area contributed by atoms with Crippen LogP contribution in [-0.4, -0.2) is 33.3 Å². The van der Waals surface area contributed by atoms with Crippen LogP contribution in [0, 0.1) is 0 Å². The van der Waals surface area contributed by atoms with Crippen molar-refractivity contribution in [3.8, 4) is 0 Å². The molecule has 7 nitrogen and oxygen atoms in total. The van der Waals surface area contributed by atoms with Gasteiger partial charge < -0.3 is 10.6 Å². The molecule has 168 valence electrons. The molecule has 2 aromatic carbocycles. The zero-order chi connectivity index (χ0) is 23.3. The van der Waals surface area contributed by atoms with Gasteiger partial charge >= 0.3 is 0 Å². The standard InChI is InChI=1S/C20H16Br2ClN3O4S2/c21-12-5-6-14(22)17(11-12)32(29,30)25-9-8-24-20(28)18-16(7-10-31-18)26-19(27)13-3-1-2-4-15(13)23/h1-7,10-11,25H,8-9H2,(H,24,28)(H,26,27). The Morgan fingerprint density at radius 3 is 2.50 bits per heavy atom. The highest BCUT2D eigenvalue weighted by Gasteiger charge is 2.19. The third-order valence-electron chi connectivity index (χ3n) is 4.12. The van der Waals surface area contributed by atoms with Crippen molar-refractivity contribution in [2.24, 2.45) is 0 Å². The summed E-state index contributed by atoms with van der Waals surface area (Å²) in [6, 6.07) is 13.0. The van der Waals surface area contributed by atoms with Crippen LogP contribution in [-0.2, 0) is 10.0 Å². The molecule has 2 amide bonds. The maximum Gasteiger partial charge on any atom is 0.263 e. The predicted molar refractivity (Wildman–Crippen MR) is 133 cm³/mol. The molecule has 3 rings (SSSR count). The normalized spacial score (nSPS) is 11.2. The van der Waals surface area contributed by atoms with E-state index in [1.807, 2.05) is 0 Å². The van der Waals surface area contributed by atoms with E-state index in [0.717, 1.165) is 11.3 Å². The monoisotopic (exact) mass is 619 g/mol. The molecule has 0 spiro atoms. The van der Waals surface area contributed by atoms with Crippen LogP contribution in [0.25, 0.3) is 0 Å². The molecule has 0 bridgehead atoms. The van der Waals surface area contributed by atoms with Crippen molar-refractivity contribution in [3.05, 3.63) is 78.3 Å². The van der Waals surface area contributed by atoms with Crippen LogP contribution in [0.4, 0.5) is 5.69 Å². The van der Waals surface area contributed by atoms with E-state index in [-0.39, 0.29) is 18.0 Å². The fourth-order valence-electron chi connectivity index (χ4n) is 2.62. The quantitative estimate of drug-likeness (QED) is 0.312. The molecule has 0 aliphatic rings. The summed E-state index contributed by atoms with van der Waals surface area (Å²) in [5.41, 5.74) is 0.635. The summed E-state index contributed by atoms with van der Waals surface area (Å²) in [4.78, 5) is 25.4. The Bertz CT molecular complexity index is 1270. The highest BCUT2D eigenvalue weighted by molar-refractivity contribution is 9.11. The van der Waals surface area contributed by atoms with Crippen molar-refractivity contribution < 1.29 is 18.0 Å². The van der Waals surface area contributed by atoms with E-state index in [2.05, 4.69) is 47.2 Å². The molecular weight excluding hydrogens is 606 g/mol. The Morgan fingerprint density at radius 2 is 1.75 bits per heavy atom. The Hall–Kier alpha value is -1.76. The SMILES string of the molecule is O=C(Nc1ccsc1C(=O)NCCNS(=O)(=O)c1cc(Br)ccc1Br)c1ccccc1Cl. The first-order valence-corrected chi connectivity index (χ1v) is 13.4. The summed E-state index contributed by atoms with van der Waals surface area (Å²) < 4.78 is 28.5. The first-order chi connectivity index (χ1) is 15.2. The molecule has 0 saturated heterocycles. The molecule has 1 heterocycles. The molecule has 12 heteroatoms. The highest BCUT2D eigenvalue weighted by atomic mass is 79.9. The maximum absolute atomic E-state index is 12.5. The van der Waals surface area contributed by atoms with Crippen molar-refractivity contribution in [3.63, 3.8) is 0 Å². The van der Waals surface area contributed by atoms with Crippen LogP contribution in [0.3, 0.4) is 0 Å². The molecule has 0 fully saturated rings. The molecule has 0 aliphatic carbocycles. The van der Waals surface area contributed by atoms with Gasteiger partial charge in [-0.3, -0.25) is 9.59 Å². The van der Waals surface area contributed by atoms with Gasteiger partial charge in [0.25, 0.3) is 11.8 Å². The number of carbonyl (C=O) groups excluding carboxylic acids is 2. The molecule has 0 saturated carbocycles. The van der Waals surface area contributed by atoms with Gasteiger partial charge in [0, 0.05) is 22.0 Å². The van der Waals surface area contributed by atoms with E-state index < -0.39 is 21.8 Å². The second kappa shape index (κ2) is 10.9. The van der Waals surface area contributed by atoms with Crippen LogP contribution in [0.1, 0.15) is 20.0 Å². The van der Waals surface area contributed by atoms with Gasteiger partial charge in [-0.2, -0.15) is 0 Å². The Morgan fingerprint density at radius 1 is 1.00 bits per heavy atom. The lowest BCUT2D eigenvalue weighted by Gasteiger charge is -2.10. The molecule has 0 atom stereocenters. The lowest BCUT2D eigenvalue weighted by Crippen LogP contribution is -2.34. The first kappa shape index (κ1) is 24.9. The van der Waals surface area contributed by atoms with Gasteiger partial charge in [0.05, 0.1) is 21.2 Å². The number of rotatable bonds is 8. The minimum Gasteiger partial charge on any atom is -0.350 e. The molecule has 0 unspecified atom stereocenters. The third-order valence-corrected chi connectivity index (χ3v) is 8.31. The van der Waals surface area contributed by atoms with Gasteiger partial charge in [-0.05, 0) is 57.7 Å². The zero-order valence-corrected chi connectivity index (χ0v) is 21.8. The number of carbonyl (C=O) groups is 2. The maximum atomic E-state index is 12.5. The smallest absolute Gasteiger partial charge is 0.263 e. The van der Waals surface area contributed by atoms with Gasteiger partial charge in [0.15, 0.2) is 0 Å². The summed E-state index contributed by atoms with van der Waals surface area (Å²) in [6.07, 6.45) is 0. The van der Waals surface area contributed by atoms with Gasteiger partial charge in [-0.15, -0.1) is 11.3 Å². The molecular formula is C20H16Br2ClN3O4S2. The number of hydrogen-bond donors (Lipinski definition) is 3. The fraction of sp³-hybridized carbons (Fsp3) is 0.100. The van der Waals surface area contributed by atoms with Crippen LogP contribution in [0.15, 0.2) is 67.8 Å². The molecule has 0 aliphatic heterocycles. The number of sulfonamides is 1. The van der Waals surface area contributed by atoms with Crippen LogP contribution in [0.5, 0.6) is 0 Å². The Labute approximate surface area is 210 Å². The van der Waals surface area contributed by atoms with Crippen molar-refractivity contribution in [2.75, 3.05) is 18.4 Å². The summed E-state index contributed by atoms with van der Waals surface area (Å²) in [6.45, 7) is 0.0409. The molecule has 3 N–H and O–H groups in total. The van der Waals surface area contributed by atoms with Gasteiger partial charge in [-0.1, -0.05) is 39.7 Å². The van der Waals surface area contributed by atoms with E-state index >= 15 is 0 Å². The molecule has 3 aromatic rings. The van der Waals surface area contributed by atoms with Crippen LogP contribution >= 0.6 is 54.8 Å². The average molecular weight is 622 g/mol. The van der Waals surface area contributed by atoms with Gasteiger partial charge in [0.1, 0.15) is 4.88 Å². The van der Waals surface area contributed by atoms with Crippen molar-refractivity contribution in [1.29, 1.82) is 0 Å². The first-order valence-electron chi connectivity index (χ1n) is 9.05. The lowest BCUT2D eigenvalue weighted by atomic mass is 10.2. The lowest BCUT2D eigenvalue weighted by molar-refractivity contribution is 0.0959. The largest absolute Gasteiger partial charge is 0.350 e. The topological polar surface area (TPSA) is 104 Å². The minimum absolute atomic E-state index is 0.0142. The Balaban J connectivity index is 1.57. The van der Waals surface area contributed by atoms with Crippen LogP contribution < -0.4 is 15.4 Å². The number of nitrogens with one attached hydrogen (secondary N) is 3. The van der Waals surface area contributed by atoms with E-state index in [4.69, 9.17) is 11.6 Å². The van der Waals surface area contributed by atoms with E-state index in [1.165, 1.54) is 6.07 Å². The predicted octanol–water partition coefficient (Wildman–Crippen LogP) is 4.89. The van der Waals surface area contributed by atoms with E-state index in [0.29, 0.717) is 30.1 Å². The average Bonchev–Trinajstić information content (AvgIpc) is 3.21. The molecule has 1 aromatic heterocycles. The number of halogens is 3. The number of amides is 2. The number of benzene rings is 2. The highest BCUT2D eigenvalue weighted by Crippen LogP contribution is 2.26. The Kier molecular flexibility index (Phi) is 8.48. The third kappa shape index (κ3) is 6.18. The van der Waals surface area contributed by atoms with Crippen LogP contribution in [0.2, 0.25) is 5.02 Å². The number of anilines is 1. The van der Waals surface area contributed by atoms with Gasteiger partial charge in [0.2, 0.25) is 10.0 Å². The molecule has 32 heavy (non-hydrogen) atoms. The zero-order valence-electron chi connectivity index (χ0n) is 16.2. The minimum atomic E-state index is -3.77. The summed E-state index contributed by atoms with van der Waals surface area (Å²) in [5, 5.41) is 7.30. The van der Waals surface area contributed by atoms with Crippen molar-refractivity contribution >= 4 is 82.3 Å². The van der Waals surface area contributed by atoms with E-state index in [1.54, 1.807) is 47.8 Å². The van der Waals surface area contributed by atoms with Crippen molar-refractivity contribution in [1.82, 2.24) is 10.0 Å².